The van der Waals surface area contributed by atoms with Crippen LogP contribution < -0.4 is 5.32 Å². The lowest BCUT2D eigenvalue weighted by atomic mass is 10.3. The molecule has 1 aromatic carbocycles. The van der Waals surface area contributed by atoms with Crippen molar-refractivity contribution in [2.75, 3.05) is 5.32 Å². The summed E-state index contributed by atoms with van der Waals surface area (Å²) in [5.74, 6) is -0.635. The monoisotopic (exact) mass is 194 g/mol. The van der Waals surface area contributed by atoms with Crippen molar-refractivity contribution in [2.24, 2.45) is 0 Å². The second-order valence-corrected chi connectivity index (χ2v) is 2.70. The Bertz CT molecular complexity index is 321. The lowest BCUT2D eigenvalue weighted by molar-refractivity contribution is -0.116. The third-order valence-corrected chi connectivity index (χ3v) is 1.58. The molecule has 0 fully saturated rings. The average Bonchev–Trinajstić information content (AvgIpc) is 2.18. The molecule has 1 radical (unpaired) electrons. The molecule has 1 amide bonds. The van der Waals surface area contributed by atoms with Gasteiger partial charge >= 0.3 is 0 Å². The van der Waals surface area contributed by atoms with Crippen molar-refractivity contribution in [1.29, 1.82) is 0 Å². The molecule has 0 heterocycles. The standard InChI is InChI=1S/C10H9FNO2/c11-8-3-5-9(6-4-8)12-10(14)2-1-7-13/h3-6H,1-2H2,(H,12,14). The Morgan fingerprint density at radius 2 is 2.00 bits per heavy atom. The second-order valence-electron chi connectivity index (χ2n) is 2.70. The van der Waals surface area contributed by atoms with Gasteiger partial charge in [-0.15, -0.1) is 0 Å². The van der Waals surface area contributed by atoms with Crippen LogP contribution in [0.4, 0.5) is 10.1 Å². The van der Waals surface area contributed by atoms with E-state index < -0.39 is 0 Å². The molecule has 0 saturated heterocycles. The van der Waals surface area contributed by atoms with Gasteiger partial charge in [-0.3, -0.25) is 9.59 Å². The molecule has 0 aliphatic rings. The molecule has 0 aromatic heterocycles. The van der Waals surface area contributed by atoms with Crippen LogP contribution >= 0.6 is 0 Å². The number of carbonyl (C=O) groups excluding carboxylic acids is 2. The van der Waals surface area contributed by atoms with Crippen LogP contribution in [0.2, 0.25) is 0 Å². The summed E-state index contributed by atoms with van der Waals surface area (Å²) in [5.41, 5.74) is 0.516. The fourth-order valence-electron chi connectivity index (χ4n) is 0.921. The summed E-state index contributed by atoms with van der Waals surface area (Å²) in [6.45, 7) is 0. The quantitative estimate of drug-likeness (QED) is 0.792. The Labute approximate surface area is 80.9 Å². The van der Waals surface area contributed by atoms with Crippen LogP contribution in [0, 0.1) is 5.82 Å². The van der Waals surface area contributed by atoms with Gasteiger partial charge in [0.2, 0.25) is 5.91 Å². The zero-order chi connectivity index (χ0) is 10.4. The van der Waals surface area contributed by atoms with Crippen LogP contribution in [0.5, 0.6) is 0 Å². The van der Waals surface area contributed by atoms with Gasteiger partial charge in [0, 0.05) is 18.5 Å². The van der Waals surface area contributed by atoms with Crippen LogP contribution in [0.25, 0.3) is 0 Å². The highest BCUT2D eigenvalue weighted by Crippen LogP contribution is 2.08. The number of benzene rings is 1. The minimum atomic E-state index is -0.357. The summed E-state index contributed by atoms with van der Waals surface area (Å²) in [6, 6.07) is 5.42. The van der Waals surface area contributed by atoms with E-state index in [0.717, 1.165) is 0 Å². The highest BCUT2D eigenvalue weighted by Gasteiger charge is 2.01. The largest absolute Gasteiger partial charge is 0.326 e. The summed E-state index contributed by atoms with van der Waals surface area (Å²) in [5, 5.41) is 2.52. The topological polar surface area (TPSA) is 46.2 Å². The van der Waals surface area contributed by atoms with Gasteiger partial charge in [-0.1, -0.05) is 0 Å². The molecule has 1 aromatic rings. The first-order valence-corrected chi connectivity index (χ1v) is 4.13. The van der Waals surface area contributed by atoms with Crippen molar-refractivity contribution in [3.8, 4) is 0 Å². The predicted octanol–water partition coefficient (Wildman–Crippen LogP) is 1.65. The Morgan fingerprint density at radius 3 is 2.57 bits per heavy atom. The van der Waals surface area contributed by atoms with E-state index in [2.05, 4.69) is 5.32 Å². The first kappa shape index (κ1) is 10.4. The number of hydrogen-bond acceptors (Lipinski definition) is 2. The number of hydrogen-bond donors (Lipinski definition) is 1. The molecule has 0 unspecified atom stereocenters. The number of nitrogens with one attached hydrogen (secondary N) is 1. The van der Waals surface area contributed by atoms with E-state index in [9.17, 15) is 14.0 Å². The molecule has 0 aliphatic carbocycles. The van der Waals surface area contributed by atoms with E-state index >= 15 is 0 Å². The second kappa shape index (κ2) is 5.11. The van der Waals surface area contributed by atoms with Crippen molar-refractivity contribution < 1.29 is 14.0 Å². The van der Waals surface area contributed by atoms with Crippen molar-refractivity contribution >= 4 is 17.9 Å². The molecule has 0 atom stereocenters. The Morgan fingerprint density at radius 1 is 1.36 bits per heavy atom. The van der Waals surface area contributed by atoms with Gasteiger partial charge in [-0.05, 0) is 24.3 Å². The first-order chi connectivity index (χ1) is 6.72. The Balaban J connectivity index is 2.47. The maximum atomic E-state index is 12.5. The summed E-state index contributed by atoms with van der Waals surface area (Å²) in [4.78, 5) is 20.9. The molecule has 0 saturated carbocycles. The molecule has 73 valence electrons. The fraction of sp³-hybridized carbons (Fsp3) is 0.200. The van der Waals surface area contributed by atoms with Gasteiger partial charge in [0.05, 0.1) is 0 Å². The number of rotatable bonds is 4. The van der Waals surface area contributed by atoms with Crippen molar-refractivity contribution in [3.63, 3.8) is 0 Å². The summed E-state index contributed by atoms with van der Waals surface area (Å²) in [7, 11) is 0. The van der Waals surface area contributed by atoms with Gasteiger partial charge in [-0.25, -0.2) is 4.39 Å². The van der Waals surface area contributed by atoms with Crippen molar-refractivity contribution in [1.82, 2.24) is 0 Å². The van der Waals surface area contributed by atoms with E-state index in [0.29, 0.717) is 5.69 Å². The predicted molar refractivity (Wildman–Crippen MR) is 50.0 cm³/mol. The van der Waals surface area contributed by atoms with Gasteiger partial charge < -0.3 is 5.32 Å². The van der Waals surface area contributed by atoms with Crippen LogP contribution in [0.3, 0.4) is 0 Å². The zero-order valence-electron chi connectivity index (χ0n) is 7.42. The third kappa shape index (κ3) is 3.35. The van der Waals surface area contributed by atoms with Crippen LogP contribution in [0.1, 0.15) is 12.8 Å². The molecule has 0 spiro atoms. The molecule has 1 N–H and O–H groups in total. The number of amides is 1. The van der Waals surface area contributed by atoms with E-state index in [1.807, 2.05) is 0 Å². The van der Waals surface area contributed by atoms with Crippen LogP contribution in [-0.2, 0) is 9.59 Å². The van der Waals surface area contributed by atoms with E-state index in [1.165, 1.54) is 24.3 Å². The summed E-state index contributed by atoms with van der Waals surface area (Å²) in [6.07, 6.45) is 1.80. The van der Waals surface area contributed by atoms with Crippen LogP contribution in [-0.4, -0.2) is 12.2 Å². The number of carbonyl (C=O) groups is 1. The molecule has 1 rings (SSSR count). The molecule has 0 aliphatic heterocycles. The maximum absolute atomic E-state index is 12.5. The zero-order valence-corrected chi connectivity index (χ0v) is 7.42. The highest BCUT2D eigenvalue weighted by molar-refractivity contribution is 5.91. The van der Waals surface area contributed by atoms with E-state index in [1.54, 1.807) is 6.29 Å². The summed E-state index contributed by atoms with van der Waals surface area (Å²) >= 11 is 0. The molecular formula is C10H9FNO2. The van der Waals surface area contributed by atoms with Gasteiger partial charge in [0.15, 0.2) is 6.29 Å². The normalized spacial score (nSPS) is 9.50. The van der Waals surface area contributed by atoms with Crippen molar-refractivity contribution in [3.05, 3.63) is 30.1 Å². The lowest BCUT2D eigenvalue weighted by Crippen LogP contribution is -2.11. The molecular weight excluding hydrogens is 185 g/mol. The molecule has 0 bridgehead atoms. The third-order valence-electron chi connectivity index (χ3n) is 1.58. The van der Waals surface area contributed by atoms with Crippen molar-refractivity contribution in [2.45, 2.75) is 12.8 Å². The molecule has 14 heavy (non-hydrogen) atoms. The molecule has 4 heteroatoms. The minimum absolute atomic E-state index is 0.0764. The minimum Gasteiger partial charge on any atom is -0.326 e. The molecule has 3 nitrogen and oxygen atoms in total. The average molecular weight is 194 g/mol. The van der Waals surface area contributed by atoms with Gasteiger partial charge in [0.25, 0.3) is 0 Å². The van der Waals surface area contributed by atoms with Gasteiger partial charge in [0.1, 0.15) is 5.82 Å². The van der Waals surface area contributed by atoms with Gasteiger partial charge in [-0.2, -0.15) is 0 Å². The Hall–Kier alpha value is -1.71. The fourth-order valence-corrected chi connectivity index (χ4v) is 0.921. The van der Waals surface area contributed by atoms with Crippen LogP contribution in [0.15, 0.2) is 24.3 Å². The van der Waals surface area contributed by atoms with E-state index in [-0.39, 0.29) is 24.6 Å². The first-order valence-electron chi connectivity index (χ1n) is 4.13. The summed E-state index contributed by atoms with van der Waals surface area (Å²) < 4.78 is 12.5. The number of anilines is 1. The SMILES string of the molecule is O=[C]CCC(=O)Nc1ccc(F)cc1. The van der Waals surface area contributed by atoms with E-state index in [4.69, 9.17) is 0 Å². The number of halogens is 1. The Kier molecular flexibility index (Phi) is 3.79. The lowest BCUT2D eigenvalue weighted by Gasteiger charge is -2.02. The smallest absolute Gasteiger partial charge is 0.224 e. The maximum Gasteiger partial charge on any atom is 0.224 e. The highest BCUT2D eigenvalue weighted by atomic mass is 19.1.